The summed E-state index contributed by atoms with van der Waals surface area (Å²) in [7, 11) is 0. The molecule has 0 spiro atoms. The van der Waals surface area contributed by atoms with Crippen molar-refractivity contribution in [2.24, 2.45) is 11.7 Å². The Kier molecular flexibility index (Phi) is 7.18. The van der Waals surface area contributed by atoms with Crippen LogP contribution in [-0.4, -0.2) is 11.2 Å². The minimum atomic E-state index is -4.99. The van der Waals surface area contributed by atoms with Gasteiger partial charge in [0.05, 0.1) is 23.3 Å². The molecule has 144 valence electrons. The van der Waals surface area contributed by atoms with E-state index in [2.05, 4.69) is 0 Å². The number of nitrogens with two attached hydrogens (primary N) is 1. The van der Waals surface area contributed by atoms with E-state index >= 15 is 0 Å². The Morgan fingerprint density at radius 1 is 0.960 bits per heavy atom. The van der Waals surface area contributed by atoms with E-state index in [0.29, 0.717) is 18.9 Å². The number of aliphatic hydroxyl groups is 1. The average Bonchev–Trinajstić information content (AvgIpc) is 2.52. The molecule has 9 heteroatoms. The Balaban J connectivity index is 0.00000312. The predicted molar refractivity (Wildman–Crippen MR) is 83.2 cm³/mol. The van der Waals surface area contributed by atoms with Crippen molar-refractivity contribution in [3.8, 4) is 0 Å². The van der Waals surface area contributed by atoms with E-state index in [1.807, 2.05) is 0 Å². The van der Waals surface area contributed by atoms with Gasteiger partial charge in [0.2, 0.25) is 0 Å². The molecule has 1 saturated carbocycles. The molecule has 1 aliphatic carbocycles. The van der Waals surface area contributed by atoms with E-state index in [4.69, 9.17) is 5.73 Å². The highest BCUT2D eigenvalue weighted by Crippen LogP contribution is 2.40. The van der Waals surface area contributed by atoms with Crippen LogP contribution in [0.25, 0.3) is 0 Å². The summed E-state index contributed by atoms with van der Waals surface area (Å²) in [5.74, 6) is -0.239. The molecule has 25 heavy (non-hydrogen) atoms. The van der Waals surface area contributed by atoms with Crippen molar-refractivity contribution < 1.29 is 31.4 Å². The Labute approximate surface area is 147 Å². The summed E-state index contributed by atoms with van der Waals surface area (Å²) in [6.45, 7) is 0. The molecule has 1 aliphatic rings. The Morgan fingerprint density at radius 3 is 2.00 bits per heavy atom. The first kappa shape index (κ1) is 22.1. The van der Waals surface area contributed by atoms with E-state index in [9.17, 15) is 31.4 Å². The predicted octanol–water partition coefficient (Wildman–Crippen LogP) is 5.09. The first-order chi connectivity index (χ1) is 11.0. The van der Waals surface area contributed by atoms with Gasteiger partial charge in [-0.25, -0.2) is 0 Å². The molecule has 2 nitrogen and oxygen atoms in total. The maximum atomic E-state index is 13.2. The van der Waals surface area contributed by atoms with Gasteiger partial charge in [0.25, 0.3) is 0 Å². The van der Waals surface area contributed by atoms with Crippen molar-refractivity contribution in [1.82, 2.24) is 0 Å². The van der Waals surface area contributed by atoms with Crippen LogP contribution in [0, 0.1) is 5.92 Å². The minimum Gasteiger partial charge on any atom is -0.391 e. The van der Waals surface area contributed by atoms with Crippen LogP contribution >= 0.6 is 12.4 Å². The molecule has 1 aromatic carbocycles. The molecule has 1 aromatic rings. The highest BCUT2D eigenvalue weighted by atomic mass is 35.5. The molecule has 0 radical (unpaired) electrons. The topological polar surface area (TPSA) is 46.2 Å². The normalized spacial score (nSPS) is 19.2. The number of hydrogen-bond donors (Lipinski definition) is 2. The van der Waals surface area contributed by atoms with Gasteiger partial charge in [0.15, 0.2) is 0 Å². The van der Waals surface area contributed by atoms with E-state index in [-0.39, 0.29) is 24.4 Å². The second-order valence-electron chi connectivity index (χ2n) is 6.21. The molecule has 0 bridgehead atoms. The maximum absolute atomic E-state index is 13.2. The molecule has 2 rings (SSSR count). The molecule has 0 aliphatic heterocycles. The Hall–Kier alpha value is -0.990. The van der Waals surface area contributed by atoms with Gasteiger partial charge >= 0.3 is 12.4 Å². The van der Waals surface area contributed by atoms with Gasteiger partial charge in [0, 0.05) is 0 Å². The van der Waals surface area contributed by atoms with Crippen molar-refractivity contribution in [2.45, 2.75) is 56.6 Å². The van der Waals surface area contributed by atoms with Gasteiger partial charge in [0.1, 0.15) is 0 Å². The van der Waals surface area contributed by atoms with Crippen LogP contribution in [0.4, 0.5) is 26.3 Å². The second kappa shape index (κ2) is 8.14. The summed E-state index contributed by atoms with van der Waals surface area (Å²) in [4.78, 5) is 0. The SMILES string of the molecule is Cl.N[C@H](c1ccc(C(F)(F)F)cc1C(F)(F)F)[C@@H](O)C1CCCCC1. The molecule has 0 heterocycles. The smallest absolute Gasteiger partial charge is 0.391 e. The molecule has 1 fully saturated rings. The number of halogens is 7. The summed E-state index contributed by atoms with van der Waals surface area (Å²) in [6.07, 6.45) is -7.09. The summed E-state index contributed by atoms with van der Waals surface area (Å²) >= 11 is 0. The van der Waals surface area contributed by atoms with Crippen LogP contribution in [0.3, 0.4) is 0 Å². The molecular formula is C16H20ClF6NO. The van der Waals surface area contributed by atoms with E-state index in [0.717, 1.165) is 25.3 Å². The third-order valence-corrected chi connectivity index (χ3v) is 4.55. The van der Waals surface area contributed by atoms with Gasteiger partial charge in [-0.2, -0.15) is 26.3 Å². The fourth-order valence-electron chi connectivity index (χ4n) is 3.22. The zero-order valence-electron chi connectivity index (χ0n) is 13.2. The van der Waals surface area contributed by atoms with Crippen molar-refractivity contribution >= 4 is 12.4 Å². The third-order valence-electron chi connectivity index (χ3n) is 4.55. The lowest BCUT2D eigenvalue weighted by atomic mass is 9.80. The van der Waals surface area contributed by atoms with Crippen LogP contribution in [0.2, 0.25) is 0 Å². The van der Waals surface area contributed by atoms with Crippen molar-refractivity contribution in [3.05, 3.63) is 34.9 Å². The monoisotopic (exact) mass is 391 g/mol. The van der Waals surface area contributed by atoms with Crippen molar-refractivity contribution in [2.75, 3.05) is 0 Å². The van der Waals surface area contributed by atoms with E-state index < -0.39 is 41.2 Å². The van der Waals surface area contributed by atoms with Gasteiger partial charge in [-0.1, -0.05) is 25.3 Å². The van der Waals surface area contributed by atoms with E-state index in [1.54, 1.807) is 0 Å². The molecule has 0 amide bonds. The number of benzene rings is 1. The van der Waals surface area contributed by atoms with E-state index in [1.165, 1.54) is 0 Å². The number of aliphatic hydroxyl groups excluding tert-OH is 1. The van der Waals surface area contributed by atoms with Crippen molar-refractivity contribution in [1.29, 1.82) is 0 Å². The Morgan fingerprint density at radius 2 is 1.52 bits per heavy atom. The quantitative estimate of drug-likeness (QED) is 0.705. The highest BCUT2D eigenvalue weighted by molar-refractivity contribution is 5.85. The maximum Gasteiger partial charge on any atom is 0.416 e. The van der Waals surface area contributed by atoms with Crippen LogP contribution in [-0.2, 0) is 12.4 Å². The molecular weight excluding hydrogens is 372 g/mol. The third kappa shape index (κ3) is 5.24. The number of hydrogen-bond acceptors (Lipinski definition) is 2. The lowest BCUT2D eigenvalue weighted by Crippen LogP contribution is -2.35. The first-order valence-corrected chi connectivity index (χ1v) is 7.74. The standard InChI is InChI=1S/C16H19F6NO.ClH/c17-15(18,19)10-6-7-11(12(8-10)16(20,21)22)13(23)14(24)9-4-2-1-3-5-9;/h6-9,13-14,24H,1-5,23H2;1H/t13-,14+;/m1./s1. The lowest BCUT2D eigenvalue weighted by molar-refractivity contribution is -0.143. The summed E-state index contributed by atoms with van der Waals surface area (Å²) < 4.78 is 77.6. The van der Waals surface area contributed by atoms with Crippen LogP contribution < -0.4 is 5.73 Å². The zero-order valence-corrected chi connectivity index (χ0v) is 14.0. The summed E-state index contributed by atoms with van der Waals surface area (Å²) in [5.41, 5.74) is 2.45. The zero-order chi connectivity index (χ0) is 18.1. The molecule has 2 atom stereocenters. The molecule has 0 saturated heterocycles. The lowest BCUT2D eigenvalue weighted by Gasteiger charge is -2.31. The second-order valence-corrected chi connectivity index (χ2v) is 6.21. The van der Waals surface area contributed by atoms with Gasteiger partial charge < -0.3 is 10.8 Å². The molecule has 0 unspecified atom stereocenters. The largest absolute Gasteiger partial charge is 0.416 e. The van der Waals surface area contributed by atoms with Crippen LogP contribution in [0.15, 0.2) is 18.2 Å². The summed E-state index contributed by atoms with van der Waals surface area (Å²) in [6, 6.07) is -0.0320. The van der Waals surface area contributed by atoms with Gasteiger partial charge in [-0.3, -0.25) is 0 Å². The molecule has 0 aromatic heterocycles. The fraction of sp³-hybridized carbons (Fsp3) is 0.625. The van der Waals surface area contributed by atoms with Gasteiger partial charge in [-0.15, -0.1) is 12.4 Å². The minimum absolute atomic E-state index is 0. The first-order valence-electron chi connectivity index (χ1n) is 7.74. The molecule has 3 N–H and O–H groups in total. The summed E-state index contributed by atoms with van der Waals surface area (Å²) in [5, 5.41) is 10.3. The highest BCUT2D eigenvalue weighted by Gasteiger charge is 2.40. The number of rotatable bonds is 3. The Bertz CT molecular complexity index is 569. The van der Waals surface area contributed by atoms with Crippen LogP contribution in [0.5, 0.6) is 0 Å². The average molecular weight is 392 g/mol. The van der Waals surface area contributed by atoms with Crippen LogP contribution in [0.1, 0.15) is 54.8 Å². The number of alkyl halides is 6. The van der Waals surface area contributed by atoms with Gasteiger partial charge in [-0.05, 0) is 36.5 Å². The van der Waals surface area contributed by atoms with Crippen molar-refractivity contribution in [3.63, 3.8) is 0 Å². The fourth-order valence-corrected chi connectivity index (χ4v) is 3.22.